The minimum Gasteiger partial charge on any atom is -0.491 e. The second-order valence-electron chi connectivity index (χ2n) is 4.56. The highest BCUT2D eigenvalue weighted by Gasteiger charge is 2.11. The third-order valence-electron chi connectivity index (χ3n) is 2.38. The monoisotopic (exact) mass is 267 g/mol. The van der Waals surface area contributed by atoms with E-state index >= 15 is 0 Å². The van der Waals surface area contributed by atoms with Gasteiger partial charge < -0.3 is 19.9 Å². The van der Waals surface area contributed by atoms with E-state index in [0.717, 1.165) is 0 Å². The molecule has 0 heterocycles. The standard InChI is InChI=1S/C14H21NO4/c1-10(2)9-18-6-7-19-11-4-5-13(15)12(8-11)14(16)17-3/h4-5,8,10H,6-7,9,15H2,1-3H3. The molecular weight excluding hydrogens is 246 g/mol. The lowest BCUT2D eigenvalue weighted by Crippen LogP contribution is -2.11. The number of hydrogen-bond donors (Lipinski definition) is 1. The van der Waals surface area contributed by atoms with Gasteiger partial charge in [0.1, 0.15) is 12.4 Å². The quantitative estimate of drug-likeness (QED) is 0.465. The number of anilines is 1. The highest BCUT2D eigenvalue weighted by Crippen LogP contribution is 2.20. The fraction of sp³-hybridized carbons (Fsp3) is 0.500. The maximum atomic E-state index is 11.5. The van der Waals surface area contributed by atoms with Gasteiger partial charge in [0.25, 0.3) is 0 Å². The summed E-state index contributed by atoms with van der Waals surface area (Å²) >= 11 is 0. The Morgan fingerprint density at radius 2 is 2.05 bits per heavy atom. The molecule has 106 valence electrons. The number of hydrogen-bond acceptors (Lipinski definition) is 5. The maximum Gasteiger partial charge on any atom is 0.340 e. The molecule has 1 rings (SSSR count). The van der Waals surface area contributed by atoms with Crippen LogP contribution in [0.3, 0.4) is 0 Å². The van der Waals surface area contributed by atoms with Crippen LogP contribution in [0.15, 0.2) is 18.2 Å². The van der Waals surface area contributed by atoms with E-state index in [1.54, 1.807) is 18.2 Å². The number of methoxy groups -OCH3 is 1. The van der Waals surface area contributed by atoms with Crippen LogP contribution in [-0.4, -0.2) is 32.9 Å². The highest BCUT2D eigenvalue weighted by molar-refractivity contribution is 5.95. The normalized spacial score (nSPS) is 10.5. The highest BCUT2D eigenvalue weighted by atomic mass is 16.5. The number of rotatable bonds is 7. The number of esters is 1. The zero-order valence-electron chi connectivity index (χ0n) is 11.6. The lowest BCUT2D eigenvalue weighted by atomic mass is 10.2. The third-order valence-corrected chi connectivity index (χ3v) is 2.38. The van der Waals surface area contributed by atoms with Crippen LogP contribution < -0.4 is 10.5 Å². The number of carbonyl (C=O) groups excluding carboxylic acids is 1. The topological polar surface area (TPSA) is 70.8 Å². The van der Waals surface area contributed by atoms with Crippen molar-refractivity contribution in [2.45, 2.75) is 13.8 Å². The predicted octanol–water partition coefficient (Wildman–Crippen LogP) is 2.11. The molecule has 1 aromatic carbocycles. The van der Waals surface area contributed by atoms with Gasteiger partial charge in [-0.2, -0.15) is 0 Å². The third kappa shape index (κ3) is 5.18. The van der Waals surface area contributed by atoms with Gasteiger partial charge in [-0.25, -0.2) is 4.79 Å². The molecule has 0 amide bonds. The van der Waals surface area contributed by atoms with E-state index in [2.05, 4.69) is 18.6 Å². The van der Waals surface area contributed by atoms with Gasteiger partial charge >= 0.3 is 5.97 Å². The van der Waals surface area contributed by atoms with E-state index in [4.69, 9.17) is 15.2 Å². The molecule has 19 heavy (non-hydrogen) atoms. The summed E-state index contributed by atoms with van der Waals surface area (Å²) in [5.41, 5.74) is 6.37. The second-order valence-corrected chi connectivity index (χ2v) is 4.56. The lowest BCUT2D eigenvalue weighted by Gasteiger charge is -2.10. The van der Waals surface area contributed by atoms with Gasteiger partial charge in [0, 0.05) is 12.3 Å². The Balaban J connectivity index is 2.48. The van der Waals surface area contributed by atoms with E-state index in [1.807, 2.05) is 0 Å². The summed E-state index contributed by atoms with van der Waals surface area (Å²) in [6.07, 6.45) is 0. The van der Waals surface area contributed by atoms with Crippen LogP contribution >= 0.6 is 0 Å². The molecule has 5 nitrogen and oxygen atoms in total. The van der Waals surface area contributed by atoms with Crippen LogP contribution in [-0.2, 0) is 9.47 Å². The first-order chi connectivity index (χ1) is 9.04. The molecule has 0 atom stereocenters. The minimum absolute atomic E-state index is 0.308. The predicted molar refractivity (Wildman–Crippen MR) is 73.3 cm³/mol. The van der Waals surface area contributed by atoms with Gasteiger partial charge in [-0.15, -0.1) is 0 Å². The van der Waals surface area contributed by atoms with Gasteiger partial charge in [0.05, 0.1) is 19.3 Å². The fourth-order valence-electron chi connectivity index (χ4n) is 1.45. The van der Waals surface area contributed by atoms with Crippen molar-refractivity contribution in [3.8, 4) is 5.75 Å². The van der Waals surface area contributed by atoms with Crippen LogP contribution in [0.25, 0.3) is 0 Å². The van der Waals surface area contributed by atoms with E-state index in [0.29, 0.717) is 42.7 Å². The Morgan fingerprint density at radius 1 is 1.32 bits per heavy atom. The number of carbonyl (C=O) groups is 1. The fourth-order valence-corrected chi connectivity index (χ4v) is 1.45. The number of ether oxygens (including phenoxy) is 3. The Hall–Kier alpha value is -1.75. The molecule has 0 aliphatic carbocycles. The lowest BCUT2D eigenvalue weighted by molar-refractivity contribution is 0.0601. The van der Waals surface area contributed by atoms with Crippen molar-refractivity contribution in [3.63, 3.8) is 0 Å². The van der Waals surface area contributed by atoms with Gasteiger partial charge in [-0.3, -0.25) is 0 Å². The number of nitrogen functional groups attached to an aromatic ring is 1. The van der Waals surface area contributed by atoms with E-state index in [-0.39, 0.29) is 0 Å². The van der Waals surface area contributed by atoms with Crippen LogP contribution in [0.4, 0.5) is 5.69 Å². The SMILES string of the molecule is COC(=O)c1cc(OCCOCC(C)C)ccc1N. The minimum atomic E-state index is -0.473. The van der Waals surface area contributed by atoms with Crippen molar-refractivity contribution in [2.75, 3.05) is 32.7 Å². The molecule has 0 aliphatic heterocycles. The van der Waals surface area contributed by atoms with Gasteiger partial charge in [-0.1, -0.05) is 13.8 Å². The second kappa shape index (κ2) is 7.63. The molecule has 0 aliphatic rings. The summed E-state index contributed by atoms with van der Waals surface area (Å²) in [6.45, 7) is 5.82. The van der Waals surface area contributed by atoms with Crippen LogP contribution in [0, 0.1) is 5.92 Å². The molecule has 0 saturated heterocycles. The summed E-state index contributed by atoms with van der Waals surface area (Å²) in [6, 6.07) is 4.91. The molecule has 0 radical (unpaired) electrons. The molecule has 5 heteroatoms. The molecule has 0 spiro atoms. The van der Waals surface area contributed by atoms with Crippen molar-refractivity contribution in [1.82, 2.24) is 0 Å². The van der Waals surface area contributed by atoms with Gasteiger partial charge in [-0.05, 0) is 24.1 Å². The Bertz CT molecular complexity index is 418. The van der Waals surface area contributed by atoms with E-state index in [9.17, 15) is 4.79 Å². The zero-order valence-corrected chi connectivity index (χ0v) is 11.6. The molecule has 1 aromatic rings. The van der Waals surface area contributed by atoms with Gasteiger partial charge in [0.15, 0.2) is 0 Å². The summed E-state index contributed by atoms with van der Waals surface area (Å²) in [4.78, 5) is 11.5. The van der Waals surface area contributed by atoms with Crippen molar-refractivity contribution in [3.05, 3.63) is 23.8 Å². The molecule has 0 saturated carbocycles. The first-order valence-electron chi connectivity index (χ1n) is 6.23. The smallest absolute Gasteiger partial charge is 0.340 e. The number of nitrogens with two attached hydrogens (primary N) is 1. The average molecular weight is 267 g/mol. The first kappa shape index (κ1) is 15.3. The van der Waals surface area contributed by atoms with Crippen molar-refractivity contribution >= 4 is 11.7 Å². The van der Waals surface area contributed by atoms with E-state index < -0.39 is 5.97 Å². The van der Waals surface area contributed by atoms with E-state index in [1.165, 1.54) is 7.11 Å². The molecule has 0 bridgehead atoms. The zero-order chi connectivity index (χ0) is 14.3. The number of benzene rings is 1. The summed E-state index contributed by atoms with van der Waals surface area (Å²) < 4.78 is 15.5. The molecular formula is C14H21NO4. The first-order valence-corrected chi connectivity index (χ1v) is 6.23. The van der Waals surface area contributed by atoms with Crippen molar-refractivity contribution < 1.29 is 19.0 Å². The largest absolute Gasteiger partial charge is 0.491 e. The van der Waals surface area contributed by atoms with Gasteiger partial charge in [0.2, 0.25) is 0 Å². The van der Waals surface area contributed by atoms with Crippen molar-refractivity contribution in [1.29, 1.82) is 0 Å². The van der Waals surface area contributed by atoms with Crippen molar-refractivity contribution in [2.24, 2.45) is 5.92 Å². The maximum absolute atomic E-state index is 11.5. The Labute approximate surface area is 113 Å². The van der Waals surface area contributed by atoms with Crippen LogP contribution in [0.5, 0.6) is 5.75 Å². The molecule has 0 fully saturated rings. The molecule has 0 unspecified atom stereocenters. The molecule has 2 N–H and O–H groups in total. The molecule has 0 aromatic heterocycles. The Morgan fingerprint density at radius 3 is 2.68 bits per heavy atom. The summed E-state index contributed by atoms with van der Waals surface area (Å²) in [7, 11) is 1.31. The van der Waals surface area contributed by atoms with Crippen LogP contribution in [0.1, 0.15) is 24.2 Å². The Kier molecular flexibility index (Phi) is 6.15. The summed E-state index contributed by atoms with van der Waals surface area (Å²) in [5.74, 6) is 0.601. The van der Waals surface area contributed by atoms with Crippen LogP contribution in [0.2, 0.25) is 0 Å². The summed E-state index contributed by atoms with van der Waals surface area (Å²) in [5, 5.41) is 0. The average Bonchev–Trinajstić information content (AvgIpc) is 2.39.